The highest BCUT2D eigenvalue weighted by atomic mass is 35.5. The van der Waals surface area contributed by atoms with E-state index >= 15 is 0 Å². The number of hydrogen-bond acceptors (Lipinski definition) is 2. The van der Waals surface area contributed by atoms with Crippen molar-refractivity contribution in [2.75, 3.05) is 19.4 Å². The molecule has 0 aromatic heterocycles. The number of rotatable bonds is 1. The van der Waals surface area contributed by atoms with Gasteiger partial charge >= 0.3 is 0 Å². The van der Waals surface area contributed by atoms with Gasteiger partial charge in [0, 0.05) is 30.4 Å². The minimum Gasteiger partial charge on any atom is -0.332 e. The Bertz CT molecular complexity index is 224. The zero-order valence-electron chi connectivity index (χ0n) is 6.71. The van der Waals surface area contributed by atoms with Crippen molar-refractivity contribution < 1.29 is 9.09 Å². The Balaban J connectivity index is 2.77. The fourth-order valence-electron chi connectivity index (χ4n) is 1.16. The van der Waals surface area contributed by atoms with Gasteiger partial charge in [0.2, 0.25) is 7.37 Å². The molecule has 2 nitrogen and oxygen atoms in total. The van der Waals surface area contributed by atoms with Gasteiger partial charge in [-0.2, -0.15) is 0 Å². The Kier molecular flexibility index (Phi) is 2.79. The second kappa shape index (κ2) is 3.30. The van der Waals surface area contributed by atoms with E-state index in [4.69, 9.17) is 16.1 Å². The normalized spacial score (nSPS) is 38.5. The van der Waals surface area contributed by atoms with Crippen LogP contribution in [0, 0.1) is 5.92 Å². The molecule has 1 aliphatic rings. The molecule has 0 N–H and O–H groups in total. The first-order chi connectivity index (χ1) is 5.07. The molecular formula is C7H12ClO2P. The molecule has 11 heavy (non-hydrogen) atoms. The number of hydrogen-bond donors (Lipinski definition) is 0. The van der Waals surface area contributed by atoms with Crippen LogP contribution in [0.2, 0.25) is 0 Å². The van der Waals surface area contributed by atoms with E-state index in [2.05, 4.69) is 0 Å². The van der Waals surface area contributed by atoms with E-state index in [1.165, 1.54) is 7.11 Å². The van der Waals surface area contributed by atoms with Gasteiger partial charge in [0.25, 0.3) is 0 Å². The van der Waals surface area contributed by atoms with Crippen molar-refractivity contribution in [3.05, 3.63) is 11.1 Å². The molecule has 1 rings (SSSR count). The first-order valence-corrected chi connectivity index (χ1v) is 5.94. The molecule has 1 heterocycles. The second-order valence-corrected chi connectivity index (χ2v) is 6.01. The molecule has 0 aromatic rings. The molecule has 0 amide bonds. The molecule has 0 radical (unpaired) electrons. The maximum Gasteiger partial charge on any atom is 0.207 e. The molecule has 0 saturated heterocycles. The smallest absolute Gasteiger partial charge is 0.207 e. The quantitative estimate of drug-likeness (QED) is 0.600. The molecule has 2 unspecified atom stereocenters. The lowest BCUT2D eigenvalue weighted by atomic mass is 10.2. The predicted molar refractivity (Wildman–Crippen MR) is 47.4 cm³/mol. The molecule has 2 atom stereocenters. The summed E-state index contributed by atoms with van der Waals surface area (Å²) >= 11 is 5.84. The van der Waals surface area contributed by atoms with Crippen LogP contribution in [0.25, 0.3) is 0 Å². The number of allylic oxidation sites excluding steroid dienone is 2. The Hall–Kier alpha value is 0.220. The predicted octanol–water partition coefficient (Wildman–Crippen LogP) is 2.68. The molecule has 0 aliphatic carbocycles. The minimum atomic E-state index is -2.35. The van der Waals surface area contributed by atoms with Crippen LogP contribution in [0.1, 0.15) is 6.92 Å². The van der Waals surface area contributed by atoms with Crippen LogP contribution in [-0.2, 0) is 9.09 Å². The highest BCUT2D eigenvalue weighted by Gasteiger charge is 2.28. The SMILES string of the molecule is COP1(=O)CC=C(Cl)C(C)C1. The molecule has 0 spiro atoms. The lowest BCUT2D eigenvalue weighted by Crippen LogP contribution is -2.11. The summed E-state index contributed by atoms with van der Waals surface area (Å²) in [5.41, 5.74) is 0. The van der Waals surface area contributed by atoms with Crippen molar-refractivity contribution in [1.29, 1.82) is 0 Å². The highest BCUT2D eigenvalue weighted by Crippen LogP contribution is 2.52. The van der Waals surface area contributed by atoms with Crippen LogP contribution in [0.15, 0.2) is 11.1 Å². The first kappa shape index (κ1) is 9.31. The van der Waals surface area contributed by atoms with Crippen molar-refractivity contribution >= 4 is 19.0 Å². The fourth-order valence-corrected chi connectivity index (χ4v) is 3.48. The molecule has 0 saturated carbocycles. The van der Waals surface area contributed by atoms with Gasteiger partial charge in [-0.1, -0.05) is 24.6 Å². The summed E-state index contributed by atoms with van der Waals surface area (Å²) in [5.74, 6) is 0.191. The standard InChI is InChI=1S/C7H12ClO2P/c1-6-5-11(9,10-2)4-3-7(6)8/h3,6H,4-5H2,1-2H3. The van der Waals surface area contributed by atoms with Gasteiger partial charge in [0.05, 0.1) is 0 Å². The molecule has 1 aliphatic heterocycles. The van der Waals surface area contributed by atoms with Gasteiger partial charge in [0.15, 0.2) is 0 Å². The molecule has 4 heteroatoms. The summed E-state index contributed by atoms with van der Waals surface area (Å²) in [6.45, 7) is 1.96. The van der Waals surface area contributed by atoms with Crippen LogP contribution >= 0.6 is 19.0 Å². The monoisotopic (exact) mass is 194 g/mol. The maximum atomic E-state index is 11.6. The first-order valence-electron chi connectivity index (χ1n) is 3.57. The van der Waals surface area contributed by atoms with Gasteiger partial charge in [-0.15, -0.1) is 0 Å². The van der Waals surface area contributed by atoms with Gasteiger partial charge in [-0.25, -0.2) is 0 Å². The van der Waals surface area contributed by atoms with Crippen molar-refractivity contribution in [2.45, 2.75) is 6.92 Å². The van der Waals surface area contributed by atoms with E-state index in [-0.39, 0.29) is 5.92 Å². The topological polar surface area (TPSA) is 26.3 Å². The summed E-state index contributed by atoms with van der Waals surface area (Å²) in [4.78, 5) is 0. The van der Waals surface area contributed by atoms with Crippen molar-refractivity contribution in [1.82, 2.24) is 0 Å². The molecule has 0 aromatic carbocycles. The highest BCUT2D eigenvalue weighted by molar-refractivity contribution is 7.59. The zero-order valence-corrected chi connectivity index (χ0v) is 8.36. The molecule has 0 bridgehead atoms. The van der Waals surface area contributed by atoms with E-state index in [9.17, 15) is 4.57 Å². The summed E-state index contributed by atoms with van der Waals surface area (Å²) in [6.07, 6.45) is 2.88. The minimum absolute atomic E-state index is 0.191. The summed E-state index contributed by atoms with van der Waals surface area (Å²) < 4.78 is 16.6. The second-order valence-electron chi connectivity index (χ2n) is 2.85. The lowest BCUT2D eigenvalue weighted by Gasteiger charge is -2.23. The van der Waals surface area contributed by atoms with Gasteiger partial charge in [-0.3, -0.25) is 4.57 Å². The van der Waals surface area contributed by atoms with Crippen LogP contribution in [-0.4, -0.2) is 19.4 Å². The molecule has 0 fully saturated rings. The largest absolute Gasteiger partial charge is 0.332 e. The van der Waals surface area contributed by atoms with Crippen LogP contribution < -0.4 is 0 Å². The average Bonchev–Trinajstić information content (AvgIpc) is 1.98. The summed E-state index contributed by atoms with van der Waals surface area (Å²) in [5, 5.41) is 0.813. The third-order valence-corrected chi connectivity index (χ3v) is 4.96. The Morgan fingerprint density at radius 2 is 2.45 bits per heavy atom. The van der Waals surface area contributed by atoms with E-state index in [0.29, 0.717) is 12.3 Å². The zero-order chi connectivity index (χ0) is 8.48. The Morgan fingerprint density at radius 3 is 2.91 bits per heavy atom. The van der Waals surface area contributed by atoms with Crippen LogP contribution in [0.5, 0.6) is 0 Å². The van der Waals surface area contributed by atoms with E-state index in [0.717, 1.165) is 5.03 Å². The molecular weight excluding hydrogens is 183 g/mol. The third-order valence-electron chi connectivity index (χ3n) is 1.92. The summed E-state index contributed by atoms with van der Waals surface area (Å²) in [6, 6.07) is 0. The Labute approximate surface area is 72.0 Å². The van der Waals surface area contributed by atoms with Crippen LogP contribution in [0.4, 0.5) is 0 Å². The number of halogens is 1. The van der Waals surface area contributed by atoms with Gasteiger partial charge < -0.3 is 4.52 Å². The Morgan fingerprint density at radius 1 is 1.82 bits per heavy atom. The maximum absolute atomic E-state index is 11.6. The van der Waals surface area contributed by atoms with Gasteiger partial charge in [0.1, 0.15) is 0 Å². The summed E-state index contributed by atoms with van der Waals surface area (Å²) in [7, 11) is -0.848. The van der Waals surface area contributed by atoms with Crippen LogP contribution in [0.3, 0.4) is 0 Å². The van der Waals surface area contributed by atoms with Crippen molar-refractivity contribution in [3.63, 3.8) is 0 Å². The van der Waals surface area contributed by atoms with E-state index < -0.39 is 7.37 Å². The van der Waals surface area contributed by atoms with Crippen molar-refractivity contribution in [3.8, 4) is 0 Å². The van der Waals surface area contributed by atoms with E-state index in [1.54, 1.807) is 6.08 Å². The lowest BCUT2D eigenvalue weighted by molar-refractivity contribution is 0.390. The fraction of sp³-hybridized carbons (Fsp3) is 0.714. The van der Waals surface area contributed by atoms with Gasteiger partial charge in [-0.05, 0) is 0 Å². The average molecular weight is 195 g/mol. The third kappa shape index (κ3) is 2.08. The molecule has 64 valence electrons. The van der Waals surface area contributed by atoms with E-state index in [1.807, 2.05) is 6.92 Å². The van der Waals surface area contributed by atoms with Crippen molar-refractivity contribution in [2.24, 2.45) is 5.92 Å².